The van der Waals surface area contributed by atoms with Crippen LogP contribution in [-0.4, -0.2) is 28.5 Å². The summed E-state index contributed by atoms with van der Waals surface area (Å²) >= 11 is 0. The predicted molar refractivity (Wildman–Crippen MR) is 119 cm³/mol. The van der Waals surface area contributed by atoms with E-state index in [0.29, 0.717) is 13.2 Å². The van der Waals surface area contributed by atoms with Gasteiger partial charge in [0.25, 0.3) is 0 Å². The van der Waals surface area contributed by atoms with Gasteiger partial charge in [0, 0.05) is 29.2 Å². The second-order valence-corrected chi connectivity index (χ2v) is 7.05. The molecule has 0 fully saturated rings. The van der Waals surface area contributed by atoms with E-state index in [2.05, 4.69) is 21.9 Å². The first-order chi connectivity index (χ1) is 15.2. The van der Waals surface area contributed by atoms with E-state index in [1.807, 2.05) is 72.9 Å². The quantitative estimate of drug-likeness (QED) is 0.318. The van der Waals surface area contributed by atoms with E-state index in [0.717, 1.165) is 27.8 Å². The standard InChI is InChI=1S/C25H22N2O4/c28-25(29)18-31-26-14-21-16-27(15-19-7-3-1-4-8-19)24-12-11-22(13-23(21)24)30-17-20-9-5-2-6-10-20/h1-14,16H,15,17-18H2,(H,28,29). The van der Waals surface area contributed by atoms with Crippen LogP contribution in [0.1, 0.15) is 16.7 Å². The molecule has 0 saturated carbocycles. The second kappa shape index (κ2) is 9.63. The maximum Gasteiger partial charge on any atom is 0.344 e. The van der Waals surface area contributed by atoms with Crippen LogP contribution in [0.5, 0.6) is 5.75 Å². The molecular formula is C25H22N2O4. The normalized spacial score (nSPS) is 11.1. The van der Waals surface area contributed by atoms with E-state index < -0.39 is 12.6 Å². The maximum atomic E-state index is 10.6. The number of hydrogen-bond donors (Lipinski definition) is 1. The van der Waals surface area contributed by atoms with Crippen LogP contribution in [0.2, 0.25) is 0 Å². The third kappa shape index (κ3) is 5.30. The van der Waals surface area contributed by atoms with E-state index in [1.165, 1.54) is 11.8 Å². The van der Waals surface area contributed by atoms with Gasteiger partial charge in [0.1, 0.15) is 12.4 Å². The van der Waals surface area contributed by atoms with Crippen molar-refractivity contribution >= 4 is 23.1 Å². The lowest BCUT2D eigenvalue weighted by Crippen LogP contribution is -2.03. The fourth-order valence-electron chi connectivity index (χ4n) is 3.33. The monoisotopic (exact) mass is 414 g/mol. The Labute approximate surface area is 180 Å². The summed E-state index contributed by atoms with van der Waals surface area (Å²) in [5.41, 5.74) is 4.11. The van der Waals surface area contributed by atoms with E-state index in [1.54, 1.807) is 0 Å². The van der Waals surface area contributed by atoms with Crippen molar-refractivity contribution in [3.8, 4) is 5.75 Å². The Bertz CT molecular complexity index is 1180. The number of nitrogens with zero attached hydrogens (tertiary/aromatic N) is 2. The molecule has 3 aromatic carbocycles. The van der Waals surface area contributed by atoms with E-state index >= 15 is 0 Å². The average Bonchev–Trinajstić information content (AvgIpc) is 3.13. The molecule has 0 atom stereocenters. The molecule has 4 rings (SSSR count). The van der Waals surface area contributed by atoms with Crippen LogP contribution in [-0.2, 0) is 22.8 Å². The van der Waals surface area contributed by atoms with E-state index in [9.17, 15) is 4.79 Å². The lowest BCUT2D eigenvalue weighted by molar-refractivity contribution is -0.142. The highest BCUT2D eigenvalue weighted by Crippen LogP contribution is 2.27. The largest absolute Gasteiger partial charge is 0.489 e. The zero-order chi connectivity index (χ0) is 21.5. The smallest absolute Gasteiger partial charge is 0.344 e. The number of benzene rings is 3. The highest BCUT2D eigenvalue weighted by Gasteiger charge is 2.10. The molecule has 0 saturated heterocycles. The molecule has 0 aliphatic rings. The Morgan fingerprint density at radius 1 is 0.968 bits per heavy atom. The van der Waals surface area contributed by atoms with Crippen molar-refractivity contribution in [2.75, 3.05) is 6.61 Å². The molecule has 0 unspecified atom stereocenters. The summed E-state index contributed by atoms with van der Waals surface area (Å²) < 4.78 is 8.11. The molecule has 1 aromatic heterocycles. The van der Waals surface area contributed by atoms with Crippen molar-refractivity contribution in [1.82, 2.24) is 4.57 Å². The summed E-state index contributed by atoms with van der Waals surface area (Å²) in [4.78, 5) is 15.5. The number of aromatic nitrogens is 1. The number of carbonyl (C=O) groups is 1. The molecule has 6 nitrogen and oxygen atoms in total. The van der Waals surface area contributed by atoms with Gasteiger partial charge in [-0.3, -0.25) is 0 Å². The molecule has 0 spiro atoms. The summed E-state index contributed by atoms with van der Waals surface area (Å²) in [6.07, 6.45) is 3.51. The molecule has 0 bridgehead atoms. The summed E-state index contributed by atoms with van der Waals surface area (Å²) in [5, 5.41) is 13.5. The first kappa shape index (κ1) is 20.2. The van der Waals surface area contributed by atoms with Crippen LogP contribution in [0.4, 0.5) is 0 Å². The summed E-state index contributed by atoms with van der Waals surface area (Å²) in [7, 11) is 0. The van der Waals surface area contributed by atoms with Crippen LogP contribution >= 0.6 is 0 Å². The van der Waals surface area contributed by atoms with Crippen molar-refractivity contribution in [2.24, 2.45) is 5.16 Å². The van der Waals surface area contributed by atoms with Crippen LogP contribution in [0.15, 0.2) is 90.2 Å². The molecule has 1 N–H and O–H groups in total. The number of carboxylic acids is 1. The lowest BCUT2D eigenvalue weighted by Gasteiger charge is -2.08. The summed E-state index contributed by atoms with van der Waals surface area (Å²) in [6.45, 7) is 0.693. The van der Waals surface area contributed by atoms with Gasteiger partial charge in [-0.1, -0.05) is 65.8 Å². The van der Waals surface area contributed by atoms with Gasteiger partial charge >= 0.3 is 5.97 Å². The topological polar surface area (TPSA) is 73.0 Å². The van der Waals surface area contributed by atoms with Crippen molar-refractivity contribution < 1.29 is 19.5 Å². The Kier molecular flexibility index (Phi) is 6.28. The van der Waals surface area contributed by atoms with Crippen molar-refractivity contribution in [3.05, 3.63) is 102 Å². The Morgan fingerprint density at radius 3 is 2.39 bits per heavy atom. The van der Waals surface area contributed by atoms with Gasteiger partial charge in [0.15, 0.2) is 0 Å². The zero-order valence-electron chi connectivity index (χ0n) is 16.8. The number of hydrogen-bond acceptors (Lipinski definition) is 4. The average molecular weight is 414 g/mol. The van der Waals surface area contributed by atoms with E-state index in [4.69, 9.17) is 14.7 Å². The lowest BCUT2D eigenvalue weighted by atomic mass is 10.2. The van der Waals surface area contributed by atoms with Gasteiger partial charge in [-0.15, -0.1) is 0 Å². The van der Waals surface area contributed by atoms with Crippen LogP contribution < -0.4 is 4.74 Å². The molecule has 1 heterocycles. The molecule has 6 heteroatoms. The number of oxime groups is 1. The first-order valence-electron chi connectivity index (χ1n) is 9.90. The minimum absolute atomic E-state index is 0.474. The fourth-order valence-corrected chi connectivity index (χ4v) is 3.33. The molecule has 0 radical (unpaired) electrons. The number of aliphatic carboxylic acids is 1. The van der Waals surface area contributed by atoms with Crippen molar-refractivity contribution in [3.63, 3.8) is 0 Å². The summed E-state index contributed by atoms with van der Waals surface area (Å²) in [6, 6.07) is 26.1. The first-order valence-corrected chi connectivity index (χ1v) is 9.90. The summed E-state index contributed by atoms with van der Waals surface area (Å²) in [5.74, 6) is -0.324. The van der Waals surface area contributed by atoms with Gasteiger partial charge in [-0.25, -0.2) is 4.79 Å². The van der Waals surface area contributed by atoms with Crippen LogP contribution in [0.25, 0.3) is 10.9 Å². The molecule has 0 aliphatic carbocycles. The molecule has 4 aromatic rings. The minimum atomic E-state index is -1.07. The maximum absolute atomic E-state index is 10.6. The van der Waals surface area contributed by atoms with Gasteiger partial charge in [0.2, 0.25) is 6.61 Å². The van der Waals surface area contributed by atoms with E-state index in [-0.39, 0.29) is 0 Å². The number of rotatable bonds is 9. The minimum Gasteiger partial charge on any atom is -0.489 e. The highest BCUT2D eigenvalue weighted by molar-refractivity contribution is 6.00. The van der Waals surface area contributed by atoms with Gasteiger partial charge in [0.05, 0.1) is 6.21 Å². The van der Waals surface area contributed by atoms with Crippen LogP contribution in [0, 0.1) is 0 Å². The van der Waals surface area contributed by atoms with Gasteiger partial charge in [-0.2, -0.15) is 0 Å². The number of ether oxygens (including phenoxy) is 1. The van der Waals surface area contributed by atoms with Crippen LogP contribution in [0.3, 0.4) is 0 Å². The third-order valence-corrected chi connectivity index (χ3v) is 4.78. The molecule has 0 amide bonds. The highest BCUT2D eigenvalue weighted by atomic mass is 16.6. The molecule has 156 valence electrons. The zero-order valence-corrected chi connectivity index (χ0v) is 16.8. The third-order valence-electron chi connectivity index (χ3n) is 4.78. The van der Waals surface area contributed by atoms with Gasteiger partial charge in [-0.05, 0) is 29.3 Å². The number of fused-ring (bicyclic) bond motifs is 1. The van der Waals surface area contributed by atoms with Crippen molar-refractivity contribution in [2.45, 2.75) is 13.2 Å². The predicted octanol–water partition coefficient (Wildman–Crippen LogP) is 4.70. The molecule has 0 aliphatic heterocycles. The number of carboxylic acid groups (broad SMARTS) is 1. The van der Waals surface area contributed by atoms with Gasteiger partial charge < -0.3 is 19.2 Å². The second-order valence-electron chi connectivity index (χ2n) is 7.05. The molecular weight excluding hydrogens is 392 g/mol. The molecule has 31 heavy (non-hydrogen) atoms. The Balaban J connectivity index is 1.62. The SMILES string of the molecule is O=C(O)CON=Cc1cn(Cc2ccccc2)c2ccc(OCc3ccccc3)cc12. The Morgan fingerprint density at radius 2 is 1.68 bits per heavy atom. The van der Waals surface area contributed by atoms with Crippen molar-refractivity contribution in [1.29, 1.82) is 0 Å². The Hall–Kier alpha value is -4.06. The fraction of sp³-hybridized carbons (Fsp3) is 0.120.